The maximum atomic E-state index is 10.4. The number of hydrogen-bond acceptors (Lipinski definition) is 4. The molecule has 4 nitrogen and oxygen atoms in total. The first-order valence-electron chi connectivity index (χ1n) is 7.76. The molecule has 0 amide bonds. The average molecular weight is 298 g/mol. The van der Waals surface area contributed by atoms with Gasteiger partial charge < -0.3 is 15.2 Å². The minimum atomic E-state index is -0.628. The molecule has 0 unspecified atom stereocenters. The summed E-state index contributed by atoms with van der Waals surface area (Å²) in [6.07, 6.45) is 3.21. The van der Waals surface area contributed by atoms with Crippen LogP contribution in [0.15, 0.2) is 48.7 Å². The van der Waals surface area contributed by atoms with Crippen molar-refractivity contribution in [2.24, 2.45) is 0 Å². The van der Waals surface area contributed by atoms with Gasteiger partial charge >= 0.3 is 0 Å². The largest absolute Gasteiger partial charge is 0.388 e. The van der Waals surface area contributed by atoms with E-state index in [0.29, 0.717) is 32.6 Å². The number of aromatic nitrogens is 1. The highest BCUT2D eigenvalue weighted by molar-refractivity contribution is 5.59. The van der Waals surface area contributed by atoms with Crippen LogP contribution in [0.1, 0.15) is 18.4 Å². The quantitative estimate of drug-likeness (QED) is 0.890. The van der Waals surface area contributed by atoms with Crippen molar-refractivity contribution in [3.05, 3.63) is 54.2 Å². The van der Waals surface area contributed by atoms with Gasteiger partial charge in [0.05, 0.1) is 11.3 Å². The van der Waals surface area contributed by atoms with Gasteiger partial charge in [0.15, 0.2) is 0 Å². The lowest BCUT2D eigenvalue weighted by atomic mass is 9.94. The number of hydrogen-bond donors (Lipinski definition) is 2. The van der Waals surface area contributed by atoms with E-state index in [2.05, 4.69) is 28.5 Å². The third-order valence-corrected chi connectivity index (χ3v) is 4.09. The molecular formula is C18H22N2O2. The molecule has 2 heterocycles. The molecule has 0 atom stereocenters. The van der Waals surface area contributed by atoms with Crippen molar-refractivity contribution in [2.75, 3.05) is 19.8 Å². The topological polar surface area (TPSA) is 54.4 Å². The van der Waals surface area contributed by atoms with E-state index in [0.717, 1.165) is 17.8 Å². The zero-order valence-electron chi connectivity index (χ0n) is 12.7. The maximum absolute atomic E-state index is 10.4. The fraction of sp³-hybridized carbons (Fsp3) is 0.389. The van der Waals surface area contributed by atoms with E-state index in [-0.39, 0.29) is 0 Å². The normalized spacial score (nSPS) is 17.3. The summed E-state index contributed by atoms with van der Waals surface area (Å²) in [6.45, 7) is 2.63. The second-order valence-electron chi connectivity index (χ2n) is 5.86. The first-order valence-corrected chi connectivity index (χ1v) is 7.76. The van der Waals surface area contributed by atoms with Crippen LogP contribution < -0.4 is 5.32 Å². The van der Waals surface area contributed by atoms with Crippen LogP contribution in [0, 0.1) is 0 Å². The van der Waals surface area contributed by atoms with E-state index in [4.69, 9.17) is 4.74 Å². The van der Waals surface area contributed by atoms with Gasteiger partial charge in [0.2, 0.25) is 0 Å². The van der Waals surface area contributed by atoms with Crippen LogP contribution in [0.3, 0.4) is 0 Å². The monoisotopic (exact) mass is 298 g/mol. The molecule has 1 aliphatic rings. The van der Waals surface area contributed by atoms with Gasteiger partial charge in [-0.2, -0.15) is 0 Å². The van der Waals surface area contributed by atoms with Crippen LogP contribution in [-0.4, -0.2) is 35.5 Å². The first kappa shape index (κ1) is 15.2. The Hall–Kier alpha value is -1.75. The predicted molar refractivity (Wildman–Crippen MR) is 86.4 cm³/mol. The molecule has 0 saturated carbocycles. The Kier molecular flexibility index (Phi) is 4.83. The summed E-state index contributed by atoms with van der Waals surface area (Å²) in [5.41, 5.74) is 2.66. The van der Waals surface area contributed by atoms with Gasteiger partial charge in [-0.05, 0) is 23.8 Å². The molecule has 0 radical (unpaired) electrons. The van der Waals surface area contributed by atoms with Gasteiger partial charge in [-0.15, -0.1) is 0 Å². The molecule has 116 valence electrons. The van der Waals surface area contributed by atoms with Crippen molar-refractivity contribution < 1.29 is 9.84 Å². The molecule has 3 rings (SSSR count). The molecule has 0 spiro atoms. The molecule has 1 aromatic heterocycles. The Balaban J connectivity index is 1.59. The fourth-order valence-electron chi connectivity index (χ4n) is 2.74. The SMILES string of the molecule is OC1(CNCc2cccc(-c3ccccn3)c2)CCOCC1. The summed E-state index contributed by atoms with van der Waals surface area (Å²) < 4.78 is 5.30. The van der Waals surface area contributed by atoms with Crippen molar-refractivity contribution >= 4 is 0 Å². The molecular weight excluding hydrogens is 276 g/mol. The molecule has 2 N–H and O–H groups in total. The highest BCUT2D eigenvalue weighted by Gasteiger charge is 2.28. The Morgan fingerprint density at radius 1 is 1.14 bits per heavy atom. The average Bonchev–Trinajstić information content (AvgIpc) is 2.56. The van der Waals surface area contributed by atoms with Crippen molar-refractivity contribution in [2.45, 2.75) is 25.0 Å². The summed E-state index contributed by atoms with van der Waals surface area (Å²) in [5, 5.41) is 13.8. The maximum Gasteiger partial charge on any atom is 0.0815 e. The second kappa shape index (κ2) is 7.01. The van der Waals surface area contributed by atoms with Crippen LogP contribution >= 0.6 is 0 Å². The van der Waals surface area contributed by atoms with Crippen molar-refractivity contribution in [3.8, 4) is 11.3 Å². The lowest BCUT2D eigenvalue weighted by Gasteiger charge is -2.32. The van der Waals surface area contributed by atoms with Crippen LogP contribution in [0.4, 0.5) is 0 Å². The zero-order valence-corrected chi connectivity index (χ0v) is 12.7. The zero-order chi connectivity index (χ0) is 15.3. The van der Waals surface area contributed by atoms with E-state index in [1.54, 1.807) is 6.20 Å². The Morgan fingerprint density at radius 3 is 2.77 bits per heavy atom. The first-order chi connectivity index (χ1) is 10.8. The van der Waals surface area contributed by atoms with Gasteiger partial charge in [0.1, 0.15) is 0 Å². The van der Waals surface area contributed by atoms with Crippen molar-refractivity contribution in [3.63, 3.8) is 0 Å². The molecule has 1 fully saturated rings. The van der Waals surface area contributed by atoms with Crippen molar-refractivity contribution in [1.29, 1.82) is 0 Å². The number of nitrogens with zero attached hydrogens (tertiary/aromatic N) is 1. The summed E-state index contributed by atoms with van der Waals surface area (Å²) >= 11 is 0. The molecule has 1 aliphatic heterocycles. The standard InChI is InChI=1S/C18H22N2O2/c21-18(7-10-22-11-8-18)14-19-13-15-4-3-5-16(12-15)17-6-1-2-9-20-17/h1-6,9,12,19,21H,7-8,10-11,13-14H2. The summed E-state index contributed by atoms with van der Waals surface area (Å²) in [4.78, 5) is 4.38. The van der Waals surface area contributed by atoms with E-state index >= 15 is 0 Å². The highest BCUT2D eigenvalue weighted by atomic mass is 16.5. The third kappa shape index (κ3) is 3.91. The lowest BCUT2D eigenvalue weighted by Crippen LogP contribution is -2.44. The van der Waals surface area contributed by atoms with Crippen LogP contribution in [0.2, 0.25) is 0 Å². The fourth-order valence-corrected chi connectivity index (χ4v) is 2.74. The molecule has 2 aromatic rings. The van der Waals surface area contributed by atoms with Crippen LogP contribution in [0.5, 0.6) is 0 Å². The lowest BCUT2D eigenvalue weighted by molar-refractivity contribution is -0.0617. The minimum absolute atomic E-state index is 0.601. The molecule has 1 saturated heterocycles. The Morgan fingerprint density at radius 2 is 2.00 bits per heavy atom. The summed E-state index contributed by atoms with van der Waals surface area (Å²) in [7, 11) is 0. The molecule has 0 bridgehead atoms. The third-order valence-electron chi connectivity index (χ3n) is 4.09. The van der Waals surface area contributed by atoms with E-state index in [1.807, 2.05) is 24.3 Å². The number of ether oxygens (including phenoxy) is 1. The van der Waals surface area contributed by atoms with E-state index in [9.17, 15) is 5.11 Å². The predicted octanol–water partition coefficient (Wildman–Crippen LogP) is 2.38. The summed E-state index contributed by atoms with van der Waals surface area (Å²) in [5.74, 6) is 0. The number of nitrogens with one attached hydrogen (secondary N) is 1. The van der Waals surface area contributed by atoms with Crippen LogP contribution in [0.25, 0.3) is 11.3 Å². The highest BCUT2D eigenvalue weighted by Crippen LogP contribution is 2.20. The van der Waals surface area contributed by atoms with Gasteiger partial charge in [-0.25, -0.2) is 0 Å². The molecule has 22 heavy (non-hydrogen) atoms. The second-order valence-corrected chi connectivity index (χ2v) is 5.86. The Labute approximate surface area is 131 Å². The number of rotatable bonds is 5. The molecule has 1 aromatic carbocycles. The van der Waals surface area contributed by atoms with E-state index in [1.165, 1.54) is 5.56 Å². The summed E-state index contributed by atoms with van der Waals surface area (Å²) in [6, 6.07) is 14.3. The minimum Gasteiger partial charge on any atom is -0.388 e. The van der Waals surface area contributed by atoms with Gasteiger partial charge in [0.25, 0.3) is 0 Å². The van der Waals surface area contributed by atoms with Gasteiger partial charge in [-0.1, -0.05) is 24.3 Å². The Bertz CT molecular complexity index is 595. The number of aliphatic hydroxyl groups is 1. The molecule has 0 aliphatic carbocycles. The van der Waals surface area contributed by atoms with Gasteiger partial charge in [0, 0.05) is 50.9 Å². The molecule has 4 heteroatoms. The smallest absolute Gasteiger partial charge is 0.0815 e. The van der Waals surface area contributed by atoms with Crippen LogP contribution in [-0.2, 0) is 11.3 Å². The van der Waals surface area contributed by atoms with Gasteiger partial charge in [-0.3, -0.25) is 4.98 Å². The number of pyridine rings is 1. The number of benzene rings is 1. The van der Waals surface area contributed by atoms with E-state index < -0.39 is 5.60 Å². The van der Waals surface area contributed by atoms with Crippen molar-refractivity contribution in [1.82, 2.24) is 10.3 Å².